The average Bonchev–Trinajstić information content (AvgIpc) is 3.11. The number of ether oxygens (including phenoxy) is 1. The molecule has 0 saturated carbocycles. The first kappa shape index (κ1) is 17.4. The van der Waals surface area contributed by atoms with E-state index < -0.39 is 11.9 Å². The summed E-state index contributed by atoms with van der Waals surface area (Å²) in [6, 6.07) is 17.1. The average molecular weight is 392 g/mol. The molecule has 1 atom stereocenters. The Labute approximate surface area is 162 Å². The van der Waals surface area contributed by atoms with Crippen molar-refractivity contribution in [1.29, 1.82) is 5.26 Å². The number of thiazole rings is 1. The van der Waals surface area contributed by atoms with Crippen LogP contribution in [0.4, 0.5) is 0 Å². The molecule has 0 spiro atoms. The number of carbonyl (C=O) groups is 1. The molecular formula is C19H12N4O2S2. The van der Waals surface area contributed by atoms with Gasteiger partial charge in [0.1, 0.15) is 10.7 Å². The summed E-state index contributed by atoms with van der Waals surface area (Å²) in [5.74, 6) is -1.81. The zero-order valence-electron chi connectivity index (χ0n) is 14.1. The predicted octanol–water partition coefficient (Wildman–Crippen LogP) is 4.17. The molecule has 0 fully saturated rings. The van der Waals surface area contributed by atoms with Crippen molar-refractivity contribution in [2.45, 2.75) is 15.3 Å². The van der Waals surface area contributed by atoms with Gasteiger partial charge >= 0.3 is 5.97 Å². The van der Waals surface area contributed by atoms with Crippen LogP contribution in [0.25, 0.3) is 21.3 Å². The number of aromatic nitrogens is 3. The molecule has 0 amide bonds. The summed E-state index contributed by atoms with van der Waals surface area (Å²) in [7, 11) is 1.25. The van der Waals surface area contributed by atoms with Gasteiger partial charge in [-0.05, 0) is 36.0 Å². The number of hydrogen-bond acceptors (Lipinski definition) is 8. The first-order valence-corrected chi connectivity index (χ1v) is 9.60. The van der Waals surface area contributed by atoms with Crippen LogP contribution in [0, 0.1) is 11.3 Å². The summed E-state index contributed by atoms with van der Waals surface area (Å²) in [5, 5.41) is 9.99. The van der Waals surface area contributed by atoms with Crippen molar-refractivity contribution < 1.29 is 9.53 Å². The van der Waals surface area contributed by atoms with E-state index in [1.54, 1.807) is 6.07 Å². The minimum Gasteiger partial charge on any atom is -0.468 e. The van der Waals surface area contributed by atoms with Crippen LogP contribution >= 0.6 is 23.1 Å². The Morgan fingerprint density at radius 1 is 1.07 bits per heavy atom. The lowest BCUT2D eigenvalue weighted by atomic mass is 10.1. The van der Waals surface area contributed by atoms with Gasteiger partial charge < -0.3 is 4.74 Å². The lowest BCUT2D eigenvalue weighted by Crippen LogP contribution is -2.15. The first-order chi connectivity index (χ1) is 13.2. The smallest absolute Gasteiger partial charge is 0.329 e. The van der Waals surface area contributed by atoms with Crippen molar-refractivity contribution in [1.82, 2.24) is 15.0 Å². The topological polar surface area (TPSA) is 88.8 Å². The molecule has 0 bridgehead atoms. The number of esters is 1. The number of para-hydroxylation sites is 3. The Morgan fingerprint density at radius 3 is 2.41 bits per heavy atom. The highest BCUT2D eigenvalue weighted by molar-refractivity contribution is 8.01. The zero-order valence-corrected chi connectivity index (χ0v) is 15.8. The number of nitrogens with zero attached hydrogens (tertiary/aromatic N) is 4. The highest BCUT2D eigenvalue weighted by Gasteiger charge is 2.28. The summed E-state index contributed by atoms with van der Waals surface area (Å²) in [6.45, 7) is 0. The molecule has 2 aromatic carbocycles. The van der Waals surface area contributed by atoms with Gasteiger partial charge in [0.2, 0.25) is 0 Å². The molecule has 4 rings (SSSR count). The van der Waals surface area contributed by atoms with E-state index in [-0.39, 0.29) is 5.69 Å². The van der Waals surface area contributed by atoms with Crippen LogP contribution in [0.5, 0.6) is 0 Å². The van der Waals surface area contributed by atoms with Crippen LogP contribution in [0.1, 0.15) is 11.6 Å². The minimum atomic E-state index is -1.15. The van der Waals surface area contributed by atoms with Gasteiger partial charge in [-0.3, -0.25) is 4.79 Å². The summed E-state index contributed by atoms with van der Waals surface area (Å²) in [5.41, 5.74) is 2.48. The largest absolute Gasteiger partial charge is 0.468 e. The van der Waals surface area contributed by atoms with E-state index in [1.165, 1.54) is 30.2 Å². The number of hydrogen-bond donors (Lipinski definition) is 0. The molecular weight excluding hydrogens is 380 g/mol. The molecule has 8 heteroatoms. The van der Waals surface area contributed by atoms with Crippen molar-refractivity contribution in [3.05, 3.63) is 54.2 Å². The maximum Gasteiger partial charge on any atom is 0.329 e. The molecule has 0 N–H and O–H groups in total. The fraction of sp³-hybridized carbons (Fsp3) is 0.105. The zero-order chi connectivity index (χ0) is 18.8. The number of methoxy groups -OCH3 is 1. The van der Waals surface area contributed by atoms with E-state index in [2.05, 4.69) is 15.0 Å². The van der Waals surface area contributed by atoms with Gasteiger partial charge in [-0.25, -0.2) is 15.0 Å². The molecule has 0 aliphatic heterocycles. The maximum atomic E-state index is 12.1. The Morgan fingerprint density at radius 2 is 1.74 bits per heavy atom. The summed E-state index contributed by atoms with van der Waals surface area (Å²) >= 11 is 2.83. The molecule has 2 aromatic heterocycles. The Hall–Kier alpha value is -3.02. The van der Waals surface area contributed by atoms with Crippen LogP contribution in [0.15, 0.2) is 57.9 Å². The van der Waals surface area contributed by atoms with Gasteiger partial charge in [0, 0.05) is 0 Å². The van der Waals surface area contributed by atoms with Gasteiger partial charge in [0.25, 0.3) is 0 Å². The van der Waals surface area contributed by atoms with E-state index in [4.69, 9.17) is 4.74 Å². The molecule has 27 heavy (non-hydrogen) atoms. The lowest BCUT2D eigenvalue weighted by Gasteiger charge is -2.11. The van der Waals surface area contributed by atoms with E-state index in [0.717, 1.165) is 14.6 Å². The molecule has 132 valence electrons. The summed E-state index contributed by atoms with van der Waals surface area (Å²) in [4.78, 5) is 25.9. The van der Waals surface area contributed by atoms with Gasteiger partial charge in [0.05, 0.1) is 34.4 Å². The van der Waals surface area contributed by atoms with Crippen LogP contribution < -0.4 is 0 Å². The SMILES string of the molecule is COC(=O)[C@H](C#N)c1nc2ccccc2nc1Sc1nc2ccccc2s1. The third-order valence-corrected chi connectivity index (χ3v) is 5.95. The van der Waals surface area contributed by atoms with Gasteiger partial charge in [-0.15, -0.1) is 11.3 Å². The molecule has 0 saturated heterocycles. The van der Waals surface area contributed by atoms with Crippen molar-refractivity contribution in [2.24, 2.45) is 0 Å². The normalized spacial score (nSPS) is 12.0. The second-order valence-corrected chi connectivity index (χ2v) is 7.80. The van der Waals surface area contributed by atoms with Crippen molar-refractivity contribution in [2.75, 3.05) is 7.11 Å². The van der Waals surface area contributed by atoms with E-state index >= 15 is 0 Å². The quantitative estimate of drug-likeness (QED) is 0.482. The highest BCUT2D eigenvalue weighted by atomic mass is 32.2. The third-order valence-electron chi connectivity index (χ3n) is 3.86. The number of fused-ring (bicyclic) bond motifs is 2. The predicted molar refractivity (Wildman–Crippen MR) is 104 cm³/mol. The minimum absolute atomic E-state index is 0.285. The van der Waals surface area contributed by atoms with E-state index in [0.29, 0.717) is 16.1 Å². The monoisotopic (exact) mass is 392 g/mol. The molecule has 0 radical (unpaired) electrons. The standard InChI is InChI=1S/C19H12N4O2S2/c1-25-18(24)11(10-20)16-17(22-13-7-3-2-6-12(13)21-16)27-19-23-14-8-4-5-9-15(14)26-19/h2-9,11H,1H3/t11-/m1/s1. The first-order valence-electron chi connectivity index (χ1n) is 7.97. The van der Waals surface area contributed by atoms with E-state index in [1.807, 2.05) is 48.5 Å². The van der Waals surface area contributed by atoms with Crippen LogP contribution in [0.3, 0.4) is 0 Å². The van der Waals surface area contributed by atoms with Crippen molar-refractivity contribution >= 4 is 50.3 Å². The second-order valence-electron chi connectivity index (χ2n) is 5.54. The summed E-state index contributed by atoms with van der Waals surface area (Å²) < 4.78 is 6.59. The van der Waals surface area contributed by atoms with Crippen LogP contribution in [-0.2, 0) is 9.53 Å². The molecule has 4 aromatic rings. The maximum absolute atomic E-state index is 12.1. The molecule has 0 aliphatic carbocycles. The highest BCUT2D eigenvalue weighted by Crippen LogP contribution is 2.37. The number of benzene rings is 2. The van der Waals surface area contributed by atoms with Gasteiger partial charge in [-0.1, -0.05) is 24.3 Å². The summed E-state index contributed by atoms with van der Waals surface area (Å²) in [6.07, 6.45) is 0. The fourth-order valence-electron chi connectivity index (χ4n) is 2.58. The van der Waals surface area contributed by atoms with Crippen molar-refractivity contribution in [3.8, 4) is 6.07 Å². The molecule has 0 unspecified atom stereocenters. The van der Waals surface area contributed by atoms with Gasteiger partial charge in [-0.2, -0.15) is 5.26 Å². The van der Waals surface area contributed by atoms with Crippen LogP contribution in [0.2, 0.25) is 0 Å². The van der Waals surface area contributed by atoms with Crippen LogP contribution in [-0.4, -0.2) is 28.0 Å². The Bertz CT molecular complexity index is 1170. The number of nitriles is 1. The van der Waals surface area contributed by atoms with Gasteiger partial charge in [0.15, 0.2) is 10.3 Å². The molecule has 6 nitrogen and oxygen atoms in total. The molecule has 0 aliphatic rings. The van der Waals surface area contributed by atoms with Crippen molar-refractivity contribution in [3.63, 3.8) is 0 Å². The lowest BCUT2D eigenvalue weighted by molar-refractivity contribution is -0.141. The Kier molecular flexibility index (Phi) is 4.71. The van der Waals surface area contributed by atoms with E-state index in [9.17, 15) is 10.1 Å². The third kappa shape index (κ3) is 3.35. The number of rotatable bonds is 4. The second kappa shape index (κ2) is 7.31. The molecule has 2 heterocycles. The number of carbonyl (C=O) groups excluding carboxylic acids is 1. The fourth-order valence-corrected chi connectivity index (χ4v) is 4.67. The Balaban J connectivity index is 1.85.